The lowest BCUT2D eigenvalue weighted by Crippen LogP contribution is -2.48. The number of halogens is 4. The molecule has 0 saturated heterocycles. The Bertz CT molecular complexity index is 1110. The highest BCUT2D eigenvalue weighted by Gasteiger charge is 2.39. The summed E-state index contributed by atoms with van der Waals surface area (Å²) >= 11 is 3.15. The predicted molar refractivity (Wildman–Crippen MR) is 128 cm³/mol. The molecule has 33 heavy (non-hydrogen) atoms. The van der Waals surface area contributed by atoms with E-state index in [9.17, 15) is 4.39 Å². The average molecular weight is 518 g/mol. The number of fused-ring (bicyclic) bond motifs is 1. The molecule has 1 heterocycles. The maximum absolute atomic E-state index is 15.1. The first-order valence-electron chi connectivity index (χ1n) is 11.0. The van der Waals surface area contributed by atoms with Crippen molar-refractivity contribution >= 4 is 15.9 Å². The van der Waals surface area contributed by atoms with E-state index in [-0.39, 0.29) is 18.2 Å². The van der Waals surface area contributed by atoms with E-state index < -0.39 is 23.3 Å². The zero-order valence-corrected chi connectivity index (χ0v) is 20.5. The number of hydrogen-bond donors (Lipinski definition) is 0. The number of rotatable bonds is 6. The molecule has 1 aliphatic rings. The minimum absolute atomic E-state index is 0.0550. The fourth-order valence-electron chi connectivity index (χ4n) is 4.54. The Morgan fingerprint density at radius 1 is 1.03 bits per heavy atom. The molecular formula is C27H27BrF3NO. The van der Waals surface area contributed by atoms with Gasteiger partial charge in [-0.15, -0.1) is 0 Å². The Morgan fingerprint density at radius 3 is 2.33 bits per heavy atom. The van der Waals surface area contributed by atoms with Gasteiger partial charge in [-0.25, -0.2) is 13.2 Å². The Kier molecular flexibility index (Phi) is 6.87. The molecule has 0 unspecified atom stereocenters. The first-order chi connectivity index (χ1) is 15.6. The van der Waals surface area contributed by atoms with Crippen molar-refractivity contribution in [1.29, 1.82) is 0 Å². The van der Waals surface area contributed by atoms with E-state index in [1.807, 2.05) is 60.4 Å². The SMILES string of the molecule is C[C@@H]1Cc2cc(OCc3ccccc3)ccc2[C@@H](c2c(F)cc(Br)cc2F)N1CC(C)(C)F. The molecule has 0 aromatic heterocycles. The van der Waals surface area contributed by atoms with Gasteiger partial charge in [-0.2, -0.15) is 0 Å². The third-order valence-electron chi connectivity index (χ3n) is 5.95. The molecule has 2 nitrogen and oxygen atoms in total. The molecule has 0 saturated carbocycles. The minimum Gasteiger partial charge on any atom is -0.489 e. The molecular weight excluding hydrogens is 491 g/mol. The van der Waals surface area contributed by atoms with Crippen molar-refractivity contribution in [2.24, 2.45) is 0 Å². The monoisotopic (exact) mass is 517 g/mol. The topological polar surface area (TPSA) is 12.5 Å². The molecule has 174 valence electrons. The van der Waals surface area contributed by atoms with Gasteiger partial charge in [0.15, 0.2) is 0 Å². The standard InChI is InChI=1S/C27H27BrF3NO/c1-17-11-19-12-21(33-15-18-7-5-4-6-8-18)9-10-22(19)26(32(17)16-27(2,3)31)25-23(29)13-20(28)14-24(25)30/h4-10,12-14,17,26H,11,15-16H2,1-3H3/t17-,26+/m1/s1. The summed E-state index contributed by atoms with van der Waals surface area (Å²) in [6.07, 6.45) is 0.629. The van der Waals surface area contributed by atoms with Crippen molar-refractivity contribution in [3.05, 3.63) is 99.0 Å². The molecule has 6 heteroatoms. The van der Waals surface area contributed by atoms with Gasteiger partial charge in [0.05, 0.1) is 6.04 Å². The van der Waals surface area contributed by atoms with E-state index in [0.717, 1.165) is 16.7 Å². The van der Waals surface area contributed by atoms with E-state index in [4.69, 9.17) is 4.74 Å². The largest absolute Gasteiger partial charge is 0.489 e. The third-order valence-corrected chi connectivity index (χ3v) is 6.40. The molecule has 0 radical (unpaired) electrons. The predicted octanol–water partition coefficient (Wildman–Crippen LogP) is 7.39. The van der Waals surface area contributed by atoms with Crippen LogP contribution >= 0.6 is 15.9 Å². The van der Waals surface area contributed by atoms with Crippen LogP contribution in [-0.4, -0.2) is 23.2 Å². The number of ether oxygens (including phenoxy) is 1. The number of alkyl halides is 1. The fraction of sp³-hybridized carbons (Fsp3) is 0.333. The van der Waals surface area contributed by atoms with Gasteiger partial charge in [-0.3, -0.25) is 4.90 Å². The molecule has 0 amide bonds. The molecule has 1 aliphatic heterocycles. The maximum atomic E-state index is 15.1. The van der Waals surface area contributed by atoms with Gasteiger partial charge in [0, 0.05) is 22.6 Å². The number of benzene rings is 3. The van der Waals surface area contributed by atoms with Crippen molar-refractivity contribution in [2.45, 2.75) is 51.6 Å². The van der Waals surface area contributed by atoms with E-state index in [2.05, 4.69) is 15.9 Å². The van der Waals surface area contributed by atoms with Crippen molar-refractivity contribution in [3.63, 3.8) is 0 Å². The summed E-state index contributed by atoms with van der Waals surface area (Å²) in [7, 11) is 0. The number of hydrogen-bond acceptors (Lipinski definition) is 2. The second-order valence-electron chi connectivity index (χ2n) is 9.26. The van der Waals surface area contributed by atoms with Gasteiger partial charge >= 0.3 is 0 Å². The van der Waals surface area contributed by atoms with Crippen LogP contribution in [0.25, 0.3) is 0 Å². The summed E-state index contributed by atoms with van der Waals surface area (Å²) in [6.45, 7) is 5.42. The molecule has 0 spiro atoms. The Balaban J connectivity index is 1.74. The van der Waals surface area contributed by atoms with Crippen molar-refractivity contribution in [3.8, 4) is 5.75 Å². The Morgan fingerprint density at radius 2 is 1.70 bits per heavy atom. The first kappa shape index (κ1) is 23.8. The third kappa shape index (κ3) is 5.44. The summed E-state index contributed by atoms with van der Waals surface area (Å²) in [5.41, 5.74) is 1.19. The van der Waals surface area contributed by atoms with Crippen molar-refractivity contribution in [1.82, 2.24) is 4.90 Å². The minimum atomic E-state index is -1.52. The van der Waals surface area contributed by atoms with Crippen LogP contribution in [0, 0.1) is 11.6 Å². The smallest absolute Gasteiger partial charge is 0.132 e. The highest BCUT2D eigenvalue weighted by atomic mass is 79.9. The summed E-state index contributed by atoms with van der Waals surface area (Å²) in [5, 5.41) is 0. The molecule has 3 aromatic rings. The van der Waals surface area contributed by atoms with E-state index in [0.29, 0.717) is 23.2 Å². The highest BCUT2D eigenvalue weighted by Crippen LogP contribution is 2.42. The van der Waals surface area contributed by atoms with E-state index >= 15 is 8.78 Å². The normalized spacial score (nSPS) is 18.8. The van der Waals surface area contributed by atoms with Crippen LogP contribution in [0.5, 0.6) is 5.75 Å². The average Bonchev–Trinajstić information content (AvgIpc) is 2.73. The van der Waals surface area contributed by atoms with Crippen molar-refractivity contribution < 1.29 is 17.9 Å². The Labute approximate surface area is 201 Å². The van der Waals surface area contributed by atoms with Crippen LogP contribution in [-0.2, 0) is 13.0 Å². The zero-order valence-electron chi connectivity index (χ0n) is 18.9. The molecule has 0 fully saturated rings. The van der Waals surface area contributed by atoms with Gasteiger partial charge < -0.3 is 4.74 Å². The lowest BCUT2D eigenvalue weighted by atomic mass is 9.83. The van der Waals surface area contributed by atoms with Gasteiger partial charge in [-0.1, -0.05) is 52.3 Å². The summed E-state index contributed by atoms with van der Waals surface area (Å²) in [6, 6.07) is 17.1. The molecule has 0 bridgehead atoms. The molecule has 3 aromatic carbocycles. The maximum Gasteiger partial charge on any atom is 0.132 e. The van der Waals surface area contributed by atoms with Crippen LogP contribution in [0.1, 0.15) is 49.1 Å². The highest BCUT2D eigenvalue weighted by molar-refractivity contribution is 9.10. The Hall–Kier alpha value is -2.31. The molecule has 4 rings (SSSR count). The van der Waals surface area contributed by atoms with Crippen LogP contribution in [0.15, 0.2) is 65.1 Å². The summed E-state index contributed by atoms with van der Waals surface area (Å²) < 4.78 is 51.2. The van der Waals surface area contributed by atoms with Gasteiger partial charge in [0.25, 0.3) is 0 Å². The first-order valence-corrected chi connectivity index (χ1v) is 11.8. The zero-order chi connectivity index (χ0) is 23.8. The summed E-state index contributed by atoms with van der Waals surface area (Å²) in [4.78, 5) is 1.86. The van der Waals surface area contributed by atoms with E-state index in [1.54, 1.807) is 0 Å². The second-order valence-corrected chi connectivity index (χ2v) is 10.2. The fourth-order valence-corrected chi connectivity index (χ4v) is 4.94. The molecule has 0 N–H and O–H groups in total. The lowest BCUT2D eigenvalue weighted by Gasteiger charge is -2.44. The van der Waals surface area contributed by atoms with Crippen LogP contribution in [0.4, 0.5) is 13.2 Å². The second kappa shape index (κ2) is 9.51. The van der Waals surface area contributed by atoms with Crippen LogP contribution < -0.4 is 4.74 Å². The van der Waals surface area contributed by atoms with E-state index in [1.165, 1.54) is 26.0 Å². The van der Waals surface area contributed by atoms with Gasteiger partial charge in [0.2, 0.25) is 0 Å². The molecule has 0 aliphatic carbocycles. The lowest BCUT2D eigenvalue weighted by molar-refractivity contribution is 0.0651. The van der Waals surface area contributed by atoms with Crippen molar-refractivity contribution in [2.75, 3.05) is 6.54 Å². The van der Waals surface area contributed by atoms with Crippen LogP contribution in [0.2, 0.25) is 0 Å². The summed E-state index contributed by atoms with van der Waals surface area (Å²) in [5.74, 6) is -0.615. The number of nitrogens with zero attached hydrogens (tertiary/aromatic N) is 1. The molecule has 2 atom stereocenters. The van der Waals surface area contributed by atoms with Gasteiger partial charge in [-0.05, 0) is 68.1 Å². The van der Waals surface area contributed by atoms with Gasteiger partial charge in [0.1, 0.15) is 29.7 Å². The quantitative estimate of drug-likeness (QED) is 0.338. The van der Waals surface area contributed by atoms with Crippen LogP contribution in [0.3, 0.4) is 0 Å².